The number of aliphatic hydroxyl groups excluding tert-OH is 2. The van der Waals surface area contributed by atoms with Gasteiger partial charge in [0.1, 0.15) is 22.7 Å². The van der Waals surface area contributed by atoms with Crippen molar-refractivity contribution in [2.24, 2.45) is 0 Å². The van der Waals surface area contributed by atoms with E-state index in [1.807, 2.05) is 52.0 Å². The van der Waals surface area contributed by atoms with Crippen molar-refractivity contribution < 1.29 is 19.7 Å². The number of aliphatic hydroxyl groups is 2. The Hall–Kier alpha value is -0.120. The molecule has 33 heavy (non-hydrogen) atoms. The highest BCUT2D eigenvalue weighted by Crippen LogP contribution is 2.45. The van der Waals surface area contributed by atoms with Crippen molar-refractivity contribution in [2.45, 2.75) is 84.2 Å². The van der Waals surface area contributed by atoms with Gasteiger partial charge in [0.05, 0.1) is 30.1 Å². The van der Waals surface area contributed by atoms with E-state index in [0.29, 0.717) is 11.5 Å². The first-order valence-electron chi connectivity index (χ1n) is 10.6. The van der Waals surface area contributed by atoms with Gasteiger partial charge in [0, 0.05) is 5.41 Å². The van der Waals surface area contributed by atoms with Crippen LogP contribution in [0.5, 0.6) is 11.5 Å². The molecule has 184 valence electrons. The molecule has 0 amide bonds. The predicted octanol–water partition coefficient (Wildman–Crippen LogP) is 8.14. The summed E-state index contributed by atoms with van der Waals surface area (Å²) in [6, 6.07) is 8.17. The third-order valence-electron chi connectivity index (χ3n) is 6.18. The van der Waals surface area contributed by atoms with Crippen molar-refractivity contribution in [3.8, 4) is 11.5 Å². The Morgan fingerprint density at radius 2 is 0.848 bits per heavy atom. The number of hydrogen-bond donors (Lipinski definition) is 2. The van der Waals surface area contributed by atoms with Gasteiger partial charge in [-0.3, -0.25) is 0 Å². The maximum Gasteiger partial charge on any atom is 0.148 e. The zero-order chi connectivity index (χ0) is 25.5. The van der Waals surface area contributed by atoms with Crippen molar-refractivity contribution in [1.82, 2.24) is 0 Å². The highest BCUT2D eigenvalue weighted by atomic mass is 79.9. The second-order valence-electron chi connectivity index (χ2n) is 9.93. The maximum absolute atomic E-state index is 10.0. The van der Waals surface area contributed by atoms with Gasteiger partial charge < -0.3 is 19.7 Å². The number of ether oxygens (including phenoxy) is 2. The van der Waals surface area contributed by atoms with Crippen molar-refractivity contribution in [1.29, 1.82) is 0 Å². The smallest absolute Gasteiger partial charge is 0.148 e. The minimum Gasteiger partial charge on any atom is -0.483 e. The number of rotatable bonds is 8. The van der Waals surface area contributed by atoms with Gasteiger partial charge in [0.2, 0.25) is 0 Å². The van der Waals surface area contributed by atoms with Crippen molar-refractivity contribution in [3.05, 3.63) is 53.3 Å². The maximum atomic E-state index is 10.0. The van der Waals surface area contributed by atoms with Gasteiger partial charge >= 0.3 is 0 Å². The number of hydrogen-bond acceptors (Lipinski definition) is 4. The van der Waals surface area contributed by atoms with Crippen molar-refractivity contribution >= 4 is 63.7 Å². The molecule has 0 aliphatic rings. The molecule has 2 unspecified atom stereocenters. The summed E-state index contributed by atoms with van der Waals surface area (Å²) in [5, 5.41) is 20.1. The van der Waals surface area contributed by atoms with Crippen LogP contribution in [-0.4, -0.2) is 33.6 Å². The second kappa shape index (κ2) is 10.5. The molecule has 0 aliphatic carbocycles. The number of halogens is 4. The van der Waals surface area contributed by atoms with Gasteiger partial charge in [-0.25, -0.2) is 0 Å². The molecule has 0 radical (unpaired) electrons. The Morgan fingerprint density at radius 1 is 0.606 bits per heavy atom. The van der Waals surface area contributed by atoms with Crippen LogP contribution in [-0.2, 0) is 5.41 Å². The third-order valence-corrected chi connectivity index (χ3v) is 8.54. The Morgan fingerprint density at radius 3 is 1.06 bits per heavy atom. The highest BCUT2D eigenvalue weighted by Gasteiger charge is 2.32. The van der Waals surface area contributed by atoms with Gasteiger partial charge in [-0.15, -0.1) is 0 Å². The van der Waals surface area contributed by atoms with E-state index >= 15 is 0 Å². The lowest BCUT2D eigenvalue weighted by molar-refractivity contribution is -0.0185. The van der Waals surface area contributed by atoms with E-state index in [2.05, 4.69) is 77.6 Å². The highest BCUT2D eigenvalue weighted by molar-refractivity contribution is 9.11. The van der Waals surface area contributed by atoms with E-state index < -0.39 is 23.4 Å². The molecule has 0 aliphatic heterocycles. The summed E-state index contributed by atoms with van der Waals surface area (Å²) >= 11 is 14.6. The lowest BCUT2D eigenvalue weighted by atomic mass is 9.78. The van der Waals surface area contributed by atoms with E-state index in [4.69, 9.17) is 9.47 Å². The van der Waals surface area contributed by atoms with Crippen LogP contribution in [0.1, 0.15) is 66.5 Å². The second-order valence-corrected chi connectivity index (χ2v) is 13.3. The Kier molecular flexibility index (Phi) is 9.24. The van der Waals surface area contributed by atoms with E-state index in [1.165, 1.54) is 0 Å². The normalized spacial score (nSPS) is 14.7. The summed E-state index contributed by atoms with van der Waals surface area (Å²) in [4.78, 5) is 0. The standard InChI is InChI=1S/C25H32Br4O4/c1-13(30)24(5,6)32-21-17(26)9-15(10-18(21)27)23(3,4)16-11-19(28)22(20(29)12-16)33-25(7,8)14(2)31/h9-14,30-31H,1-8H3. The Bertz CT molecular complexity index is 888. The minimum atomic E-state index is -0.743. The molecule has 2 atom stereocenters. The molecule has 8 heteroatoms. The molecule has 0 spiro atoms. The molecule has 2 aromatic rings. The van der Waals surface area contributed by atoms with E-state index in [9.17, 15) is 10.2 Å². The molecule has 0 heterocycles. The van der Waals surface area contributed by atoms with E-state index in [1.54, 1.807) is 13.8 Å². The van der Waals surface area contributed by atoms with Crippen LogP contribution < -0.4 is 9.47 Å². The van der Waals surface area contributed by atoms with Gasteiger partial charge in [0.25, 0.3) is 0 Å². The van der Waals surface area contributed by atoms with Crippen LogP contribution in [0.3, 0.4) is 0 Å². The molecule has 0 saturated heterocycles. The van der Waals surface area contributed by atoms with Crippen LogP contribution in [0, 0.1) is 0 Å². The van der Waals surface area contributed by atoms with Crippen LogP contribution in [0.2, 0.25) is 0 Å². The molecule has 0 saturated carbocycles. The zero-order valence-electron chi connectivity index (χ0n) is 20.2. The lowest BCUT2D eigenvalue weighted by Gasteiger charge is -2.33. The number of benzene rings is 2. The summed E-state index contributed by atoms with van der Waals surface area (Å²) in [6.07, 6.45) is -1.27. The first-order valence-corrected chi connectivity index (χ1v) is 13.8. The summed E-state index contributed by atoms with van der Waals surface area (Å²) in [7, 11) is 0. The molecule has 0 bridgehead atoms. The summed E-state index contributed by atoms with van der Waals surface area (Å²) < 4.78 is 15.4. The van der Waals surface area contributed by atoms with Gasteiger partial charge in [0.15, 0.2) is 0 Å². The fraction of sp³-hybridized carbons (Fsp3) is 0.520. The van der Waals surface area contributed by atoms with Crippen LogP contribution in [0.15, 0.2) is 42.2 Å². The fourth-order valence-electron chi connectivity index (χ4n) is 2.90. The van der Waals surface area contributed by atoms with Gasteiger partial charge in [-0.05, 0) is 141 Å². The first-order chi connectivity index (χ1) is 14.9. The zero-order valence-corrected chi connectivity index (χ0v) is 26.5. The third kappa shape index (κ3) is 6.56. The Balaban J connectivity index is 2.48. The van der Waals surface area contributed by atoms with Crippen LogP contribution >= 0.6 is 63.7 Å². The first kappa shape index (κ1) is 29.1. The Labute approximate surface area is 231 Å². The lowest BCUT2D eigenvalue weighted by Crippen LogP contribution is -2.40. The van der Waals surface area contributed by atoms with Crippen LogP contribution in [0.4, 0.5) is 0 Å². The topological polar surface area (TPSA) is 58.9 Å². The summed E-state index contributed by atoms with van der Waals surface area (Å²) in [5.41, 5.74) is 0.300. The molecule has 2 rings (SSSR count). The van der Waals surface area contributed by atoms with Gasteiger partial charge in [-0.2, -0.15) is 0 Å². The molecule has 4 nitrogen and oxygen atoms in total. The molecule has 2 aromatic carbocycles. The summed E-state index contributed by atoms with van der Waals surface area (Å²) in [5.74, 6) is 1.29. The van der Waals surface area contributed by atoms with Crippen molar-refractivity contribution in [3.63, 3.8) is 0 Å². The SMILES string of the molecule is CC(O)C(C)(C)Oc1c(Br)cc(C(C)(C)c2cc(Br)c(OC(C)(C)C(C)O)c(Br)c2)cc1Br. The van der Waals surface area contributed by atoms with E-state index in [-0.39, 0.29) is 5.41 Å². The molecule has 0 aromatic heterocycles. The molecule has 0 fully saturated rings. The molecular formula is C25H32Br4O4. The largest absolute Gasteiger partial charge is 0.483 e. The quantitative estimate of drug-likeness (QED) is 0.290. The average molecular weight is 716 g/mol. The van der Waals surface area contributed by atoms with Crippen LogP contribution in [0.25, 0.3) is 0 Å². The average Bonchev–Trinajstić information content (AvgIpc) is 2.66. The minimum absolute atomic E-state index is 0.354. The van der Waals surface area contributed by atoms with E-state index in [0.717, 1.165) is 29.0 Å². The predicted molar refractivity (Wildman–Crippen MR) is 149 cm³/mol. The monoisotopic (exact) mass is 712 g/mol. The van der Waals surface area contributed by atoms with Gasteiger partial charge in [-0.1, -0.05) is 13.8 Å². The fourth-order valence-corrected chi connectivity index (χ4v) is 5.60. The van der Waals surface area contributed by atoms with Crippen molar-refractivity contribution in [2.75, 3.05) is 0 Å². The summed E-state index contributed by atoms with van der Waals surface area (Å²) in [6.45, 7) is 15.1. The molecule has 2 N–H and O–H groups in total. The molecular weight excluding hydrogens is 684 g/mol.